The van der Waals surface area contributed by atoms with Crippen molar-refractivity contribution in [3.8, 4) is 11.3 Å². The van der Waals surface area contributed by atoms with Crippen molar-refractivity contribution in [1.29, 1.82) is 0 Å². The Balaban J connectivity index is 1.65. The molecule has 1 aliphatic heterocycles. The minimum Gasteiger partial charge on any atom is -0.444 e. The van der Waals surface area contributed by atoms with Crippen LogP contribution >= 0.6 is 11.3 Å². The number of benzene rings is 1. The second-order valence-electron chi connectivity index (χ2n) is 7.55. The highest BCUT2D eigenvalue weighted by molar-refractivity contribution is 7.14. The molecule has 1 fully saturated rings. The summed E-state index contributed by atoms with van der Waals surface area (Å²) in [6, 6.07) is 5.16. The lowest BCUT2D eigenvalue weighted by atomic mass is 10.1. The van der Waals surface area contributed by atoms with Crippen molar-refractivity contribution < 1.29 is 22.7 Å². The summed E-state index contributed by atoms with van der Waals surface area (Å²) in [4.78, 5) is 20.3. The Kier molecular flexibility index (Phi) is 5.56. The van der Waals surface area contributed by atoms with E-state index in [9.17, 15) is 18.0 Å². The van der Waals surface area contributed by atoms with Gasteiger partial charge in [-0.2, -0.15) is 13.2 Å². The predicted molar refractivity (Wildman–Crippen MR) is 103 cm³/mol. The Bertz CT molecular complexity index is 837. The van der Waals surface area contributed by atoms with Gasteiger partial charge in [0.05, 0.1) is 11.3 Å². The highest BCUT2D eigenvalue weighted by Crippen LogP contribution is 2.33. The Morgan fingerprint density at radius 3 is 2.43 bits per heavy atom. The van der Waals surface area contributed by atoms with Gasteiger partial charge in [0.15, 0.2) is 5.13 Å². The zero-order chi connectivity index (χ0) is 20.5. The second kappa shape index (κ2) is 7.62. The highest BCUT2D eigenvalue weighted by atomic mass is 32.1. The first-order valence-electron chi connectivity index (χ1n) is 8.89. The predicted octanol–water partition coefficient (Wildman–Crippen LogP) is 4.89. The van der Waals surface area contributed by atoms with Gasteiger partial charge >= 0.3 is 12.3 Å². The summed E-state index contributed by atoms with van der Waals surface area (Å²) < 4.78 is 44.1. The molecule has 2 aromatic rings. The number of hydrogen-bond acceptors (Lipinski definition) is 5. The van der Waals surface area contributed by atoms with Crippen LogP contribution in [0.15, 0.2) is 29.6 Å². The van der Waals surface area contributed by atoms with Gasteiger partial charge < -0.3 is 14.5 Å². The minimum atomic E-state index is -4.38. The van der Waals surface area contributed by atoms with E-state index < -0.39 is 17.3 Å². The highest BCUT2D eigenvalue weighted by Gasteiger charge is 2.31. The van der Waals surface area contributed by atoms with Gasteiger partial charge in [0, 0.05) is 37.1 Å². The van der Waals surface area contributed by atoms with Gasteiger partial charge in [-0.25, -0.2) is 9.78 Å². The molecule has 0 atom stereocenters. The van der Waals surface area contributed by atoms with E-state index in [2.05, 4.69) is 4.98 Å². The third-order valence-corrected chi connectivity index (χ3v) is 5.08. The smallest absolute Gasteiger partial charge is 0.416 e. The van der Waals surface area contributed by atoms with Crippen LogP contribution in [-0.4, -0.2) is 47.8 Å². The first kappa shape index (κ1) is 20.4. The third kappa shape index (κ3) is 4.95. The molecule has 1 amide bonds. The van der Waals surface area contributed by atoms with E-state index in [-0.39, 0.29) is 6.09 Å². The monoisotopic (exact) mass is 413 g/mol. The molecule has 0 N–H and O–H groups in total. The van der Waals surface area contributed by atoms with Crippen molar-refractivity contribution in [3.63, 3.8) is 0 Å². The van der Waals surface area contributed by atoms with Crippen LogP contribution in [0, 0.1) is 0 Å². The molecule has 152 valence electrons. The van der Waals surface area contributed by atoms with E-state index in [1.807, 2.05) is 25.7 Å². The maximum absolute atomic E-state index is 12.9. The lowest BCUT2D eigenvalue weighted by molar-refractivity contribution is -0.137. The number of carbonyl (C=O) groups excluding carboxylic acids is 1. The van der Waals surface area contributed by atoms with E-state index in [1.165, 1.54) is 17.4 Å². The molecule has 2 heterocycles. The standard InChI is InChI=1S/C19H22F3N3O2S/c1-18(2,3)27-17(26)25-9-7-24(8-10-25)16-23-15(12-28-16)13-5-4-6-14(11-13)19(20,21)22/h4-6,11-12H,7-10H2,1-3H3. The number of thiazole rings is 1. The molecule has 5 nitrogen and oxygen atoms in total. The van der Waals surface area contributed by atoms with Crippen LogP contribution in [0.1, 0.15) is 26.3 Å². The van der Waals surface area contributed by atoms with Crippen molar-refractivity contribution in [1.82, 2.24) is 9.88 Å². The van der Waals surface area contributed by atoms with Gasteiger partial charge in [0.1, 0.15) is 5.60 Å². The van der Waals surface area contributed by atoms with Crippen LogP contribution in [0.2, 0.25) is 0 Å². The van der Waals surface area contributed by atoms with Gasteiger partial charge in [-0.15, -0.1) is 11.3 Å². The van der Waals surface area contributed by atoms with E-state index in [0.29, 0.717) is 37.4 Å². The molecule has 3 rings (SSSR count). The van der Waals surface area contributed by atoms with E-state index in [0.717, 1.165) is 17.3 Å². The summed E-state index contributed by atoms with van der Waals surface area (Å²) in [5.74, 6) is 0. The molecule has 9 heteroatoms. The van der Waals surface area contributed by atoms with Crippen molar-refractivity contribution in [2.75, 3.05) is 31.1 Å². The van der Waals surface area contributed by atoms with E-state index >= 15 is 0 Å². The molecule has 1 aromatic heterocycles. The normalized spacial score (nSPS) is 15.6. The van der Waals surface area contributed by atoms with Gasteiger partial charge in [-0.1, -0.05) is 12.1 Å². The number of amides is 1. The molecule has 0 aliphatic carbocycles. The Morgan fingerprint density at radius 2 is 1.82 bits per heavy atom. The second-order valence-corrected chi connectivity index (χ2v) is 8.38. The number of anilines is 1. The molecule has 1 aliphatic rings. The number of halogens is 3. The van der Waals surface area contributed by atoms with Crippen molar-refractivity contribution in [3.05, 3.63) is 35.2 Å². The summed E-state index contributed by atoms with van der Waals surface area (Å²) in [5, 5.41) is 2.49. The minimum absolute atomic E-state index is 0.337. The number of alkyl halides is 3. The molecule has 0 radical (unpaired) electrons. The van der Waals surface area contributed by atoms with Crippen LogP contribution < -0.4 is 4.90 Å². The molecule has 1 aromatic carbocycles. The number of hydrogen-bond donors (Lipinski definition) is 0. The number of ether oxygens (including phenoxy) is 1. The van der Waals surface area contributed by atoms with Crippen LogP contribution in [0.3, 0.4) is 0 Å². The quantitative estimate of drug-likeness (QED) is 0.704. The topological polar surface area (TPSA) is 45.7 Å². The maximum atomic E-state index is 12.9. The first-order valence-corrected chi connectivity index (χ1v) is 9.77. The van der Waals surface area contributed by atoms with E-state index in [4.69, 9.17) is 4.74 Å². The van der Waals surface area contributed by atoms with Crippen LogP contribution in [0.5, 0.6) is 0 Å². The summed E-state index contributed by atoms with van der Waals surface area (Å²) in [7, 11) is 0. The largest absolute Gasteiger partial charge is 0.444 e. The molecule has 0 unspecified atom stereocenters. The zero-order valence-corrected chi connectivity index (χ0v) is 16.7. The fraction of sp³-hybridized carbons (Fsp3) is 0.474. The molecule has 28 heavy (non-hydrogen) atoms. The van der Waals surface area contributed by atoms with Crippen LogP contribution in [-0.2, 0) is 10.9 Å². The Labute approximate surface area is 165 Å². The number of rotatable bonds is 2. The number of piperazine rings is 1. The van der Waals surface area contributed by atoms with Gasteiger partial charge in [-0.3, -0.25) is 0 Å². The Morgan fingerprint density at radius 1 is 1.14 bits per heavy atom. The summed E-state index contributed by atoms with van der Waals surface area (Å²) in [6.45, 7) is 7.68. The first-order chi connectivity index (χ1) is 13.0. The fourth-order valence-corrected chi connectivity index (χ4v) is 3.69. The molecular weight excluding hydrogens is 391 g/mol. The summed E-state index contributed by atoms with van der Waals surface area (Å²) in [5.41, 5.74) is -0.278. The molecule has 0 bridgehead atoms. The number of nitrogens with zero attached hydrogens (tertiary/aromatic N) is 3. The van der Waals surface area contributed by atoms with Crippen molar-refractivity contribution >= 4 is 22.6 Å². The van der Waals surface area contributed by atoms with Crippen molar-refractivity contribution in [2.45, 2.75) is 32.5 Å². The van der Waals surface area contributed by atoms with Gasteiger partial charge in [-0.05, 0) is 32.9 Å². The average Bonchev–Trinajstić information content (AvgIpc) is 3.10. The molecule has 1 saturated heterocycles. The fourth-order valence-electron chi connectivity index (χ4n) is 2.80. The van der Waals surface area contributed by atoms with E-state index in [1.54, 1.807) is 16.3 Å². The maximum Gasteiger partial charge on any atom is 0.416 e. The van der Waals surface area contributed by atoms with Gasteiger partial charge in [0.2, 0.25) is 0 Å². The average molecular weight is 413 g/mol. The molecular formula is C19H22F3N3O2S. The lowest BCUT2D eigenvalue weighted by Gasteiger charge is -2.35. The van der Waals surface area contributed by atoms with Crippen LogP contribution in [0.25, 0.3) is 11.3 Å². The van der Waals surface area contributed by atoms with Crippen LogP contribution in [0.4, 0.5) is 23.1 Å². The summed E-state index contributed by atoms with van der Waals surface area (Å²) in [6.07, 6.45) is -4.72. The van der Waals surface area contributed by atoms with Gasteiger partial charge in [0.25, 0.3) is 0 Å². The Hall–Kier alpha value is -2.29. The molecule has 0 saturated carbocycles. The number of aromatic nitrogens is 1. The number of carbonyl (C=O) groups is 1. The zero-order valence-electron chi connectivity index (χ0n) is 15.9. The SMILES string of the molecule is CC(C)(C)OC(=O)N1CCN(c2nc(-c3cccc(C(F)(F)F)c3)cs2)CC1. The lowest BCUT2D eigenvalue weighted by Crippen LogP contribution is -2.50. The summed E-state index contributed by atoms with van der Waals surface area (Å²) >= 11 is 1.38. The van der Waals surface area contributed by atoms with Crippen molar-refractivity contribution in [2.24, 2.45) is 0 Å². The third-order valence-electron chi connectivity index (χ3n) is 4.18. The molecule has 0 spiro atoms.